The number of pyridine rings is 1. The van der Waals surface area contributed by atoms with E-state index >= 15 is 0 Å². The number of carbonyl (C=O) groups is 1. The first-order chi connectivity index (χ1) is 20.5. The van der Waals surface area contributed by atoms with Gasteiger partial charge in [0.05, 0.1) is 7.11 Å². The molecule has 2 aromatic heterocycles. The molecule has 2 heterocycles. The third-order valence-corrected chi connectivity index (χ3v) is 6.35. The average Bonchev–Trinajstić information content (AvgIpc) is 3.40. The van der Waals surface area contributed by atoms with Crippen LogP contribution < -0.4 is 14.8 Å². The summed E-state index contributed by atoms with van der Waals surface area (Å²) < 4.78 is 17.2. The second-order valence-corrected chi connectivity index (χ2v) is 11.0. The minimum Gasteiger partial charge on any atom is -0.493 e. The van der Waals surface area contributed by atoms with E-state index in [4.69, 9.17) is 23.8 Å². The highest BCUT2D eigenvalue weighted by atomic mass is 16.6. The molecule has 0 aliphatic rings. The monoisotopic (exact) mass is 586 g/mol. The number of hydrogen-bond acceptors (Lipinski definition) is 8. The molecule has 10 heteroatoms. The summed E-state index contributed by atoms with van der Waals surface area (Å²) in [5.41, 5.74) is 6.19. The van der Waals surface area contributed by atoms with Gasteiger partial charge in [0.1, 0.15) is 23.7 Å². The van der Waals surface area contributed by atoms with Crippen LogP contribution in [0.1, 0.15) is 64.3 Å². The molecule has 0 aliphatic carbocycles. The van der Waals surface area contributed by atoms with Gasteiger partial charge in [0.15, 0.2) is 11.5 Å². The van der Waals surface area contributed by atoms with Gasteiger partial charge < -0.3 is 14.2 Å². The Bertz CT molecular complexity index is 1550. The summed E-state index contributed by atoms with van der Waals surface area (Å²) in [6.07, 6.45) is 2.07. The molecule has 1 amide bonds. The van der Waals surface area contributed by atoms with Crippen LogP contribution in [0.5, 0.6) is 11.5 Å². The molecular formula is C33H38N4O6. The lowest BCUT2D eigenvalue weighted by molar-refractivity contribution is -0.191. The molecule has 43 heavy (non-hydrogen) atoms. The molecule has 10 nitrogen and oxygen atoms in total. The number of benzene rings is 2. The van der Waals surface area contributed by atoms with Crippen molar-refractivity contribution in [2.75, 3.05) is 12.4 Å². The number of aromatic nitrogens is 3. The van der Waals surface area contributed by atoms with Crippen molar-refractivity contribution >= 4 is 18.1 Å². The normalized spacial score (nSPS) is 10.8. The molecule has 0 fully saturated rings. The van der Waals surface area contributed by atoms with Gasteiger partial charge in [-0.3, -0.25) is 10.4 Å². The lowest BCUT2D eigenvalue weighted by Gasteiger charge is -2.19. The van der Waals surface area contributed by atoms with E-state index in [1.54, 1.807) is 19.4 Å². The average molecular weight is 587 g/mol. The number of anilines is 1. The summed E-state index contributed by atoms with van der Waals surface area (Å²) in [6.45, 7) is 12.3. The fraction of sp³-hybridized carbons (Fsp3) is 0.333. The molecule has 4 rings (SSSR count). The zero-order valence-electron chi connectivity index (χ0n) is 25.6. The van der Waals surface area contributed by atoms with E-state index in [1.807, 2.05) is 45.0 Å². The summed E-state index contributed by atoms with van der Waals surface area (Å²) in [7, 11) is 1.64. The van der Waals surface area contributed by atoms with Gasteiger partial charge in [-0.15, -0.1) is 0 Å². The Hall–Kier alpha value is -4.95. The van der Waals surface area contributed by atoms with E-state index in [-0.39, 0.29) is 6.15 Å². The van der Waals surface area contributed by atoms with Crippen molar-refractivity contribution in [2.45, 2.75) is 66.1 Å². The van der Waals surface area contributed by atoms with Crippen molar-refractivity contribution < 1.29 is 28.6 Å². The number of nitrogens with one attached hydrogen (secondary N) is 2. The van der Waals surface area contributed by atoms with Gasteiger partial charge in [-0.1, -0.05) is 51.1 Å². The largest absolute Gasteiger partial charge is 0.493 e. The Morgan fingerprint density at radius 1 is 1.00 bits per heavy atom. The van der Waals surface area contributed by atoms with Crippen molar-refractivity contribution in [1.29, 1.82) is 0 Å². The van der Waals surface area contributed by atoms with Crippen molar-refractivity contribution in [3.05, 3.63) is 77.6 Å². The molecule has 0 atom stereocenters. The molecule has 0 radical (unpaired) electrons. The molecule has 0 saturated heterocycles. The Morgan fingerprint density at radius 3 is 2.30 bits per heavy atom. The number of nitrogens with zero attached hydrogens (tertiary/aromatic N) is 2. The lowest BCUT2D eigenvalue weighted by Crippen LogP contribution is -2.27. The number of methoxy groups -OCH3 is 1. The summed E-state index contributed by atoms with van der Waals surface area (Å²) in [5.74, 6) is 2.16. The maximum Gasteiger partial charge on any atom is 0.413 e. The molecular weight excluding hydrogens is 548 g/mol. The first-order valence-electron chi connectivity index (χ1n) is 13.9. The Labute approximate surface area is 251 Å². The molecule has 0 unspecified atom stereocenters. The van der Waals surface area contributed by atoms with Crippen molar-refractivity contribution in [3.8, 4) is 33.9 Å². The predicted octanol–water partition coefficient (Wildman–Crippen LogP) is 7.18. The molecule has 2 N–H and O–H groups in total. The highest BCUT2D eigenvalue weighted by molar-refractivity contribution is 5.87. The maximum atomic E-state index is 12.3. The van der Waals surface area contributed by atoms with Gasteiger partial charge in [0.25, 0.3) is 0 Å². The summed E-state index contributed by atoms with van der Waals surface area (Å²) in [6, 6.07) is 18.0. The third kappa shape index (κ3) is 9.02. The number of rotatable bonds is 9. The van der Waals surface area contributed by atoms with E-state index in [0.717, 1.165) is 40.1 Å². The minimum absolute atomic E-state index is 0.250. The SMILES string of the molecule is CCc1[nH]nc(-c2ccnc(NC(=O)OC(C)(C)C)c2)c1-c1ccc(OCc2ccc(C(C)C)cc2)c(OC)c1.O=C=O. The Kier molecular flexibility index (Phi) is 11.2. The molecule has 0 saturated carbocycles. The predicted molar refractivity (Wildman–Crippen MR) is 163 cm³/mol. The first kappa shape index (κ1) is 32.6. The van der Waals surface area contributed by atoms with E-state index in [1.165, 1.54) is 5.56 Å². The van der Waals surface area contributed by atoms with Gasteiger partial charge in [0.2, 0.25) is 0 Å². The Morgan fingerprint density at radius 2 is 1.70 bits per heavy atom. The number of amides is 1. The summed E-state index contributed by atoms with van der Waals surface area (Å²) in [5, 5.41) is 10.5. The Balaban J connectivity index is 0.00000162. The van der Waals surface area contributed by atoms with Crippen molar-refractivity contribution in [3.63, 3.8) is 0 Å². The second kappa shape index (κ2) is 14.8. The van der Waals surface area contributed by atoms with Gasteiger partial charge in [-0.25, -0.2) is 9.78 Å². The fourth-order valence-electron chi connectivity index (χ4n) is 4.31. The topological polar surface area (TPSA) is 132 Å². The molecule has 4 aromatic rings. The maximum absolute atomic E-state index is 12.3. The van der Waals surface area contributed by atoms with Crippen LogP contribution in [-0.4, -0.2) is 40.1 Å². The van der Waals surface area contributed by atoms with E-state index < -0.39 is 11.7 Å². The smallest absolute Gasteiger partial charge is 0.413 e. The van der Waals surface area contributed by atoms with Crippen molar-refractivity contribution in [1.82, 2.24) is 15.2 Å². The summed E-state index contributed by atoms with van der Waals surface area (Å²) >= 11 is 0. The van der Waals surface area contributed by atoms with E-state index in [9.17, 15) is 4.79 Å². The zero-order chi connectivity index (χ0) is 31.6. The molecule has 2 aromatic carbocycles. The number of aryl methyl sites for hydroxylation is 1. The van der Waals surface area contributed by atoms with E-state index in [0.29, 0.717) is 29.8 Å². The van der Waals surface area contributed by atoms with Gasteiger partial charge in [-0.2, -0.15) is 14.7 Å². The van der Waals surface area contributed by atoms with Gasteiger partial charge in [-0.05, 0) is 74.1 Å². The fourth-order valence-corrected chi connectivity index (χ4v) is 4.31. The quantitative estimate of drug-likeness (QED) is 0.211. The number of H-pyrrole nitrogens is 1. The van der Waals surface area contributed by atoms with Crippen LogP contribution >= 0.6 is 0 Å². The highest BCUT2D eigenvalue weighted by Crippen LogP contribution is 2.39. The zero-order valence-corrected chi connectivity index (χ0v) is 25.6. The lowest BCUT2D eigenvalue weighted by atomic mass is 9.98. The first-order valence-corrected chi connectivity index (χ1v) is 13.9. The minimum atomic E-state index is -0.611. The number of ether oxygens (including phenoxy) is 3. The van der Waals surface area contributed by atoms with Crippen LogP contribution in [0.2, 0.25) is 0 Å². The van der Waals surface area contributed by atoms with Crippen molar-refractivity contribution in [2.24, 2.45) is 0 Å². The van der Waals surface area contributed by atoms with E-state index in [2.05, 4.69) is 65.5 Å². The van der Waals surface area contributed by atoms with Gasteiger partial charge in [0, 0.05) is 23.0 Å². The number of carbonyl (C=O) groups excluding carboxylic acids is 3. The standard InChI is InChI=1S/C32H38N4O4.CO2/c1-8-25-29(30(36-35-25)24-15-16-33-28(18-24)34-31(37)40-32(4,5)6)23-13-14-26(27(17-23)38-7)39-19-21-9-11-22(12-10-21)20(2)3;2-1-3/h9-18,20H,8,19H2,1-7H3,(H,35,36)(H,33,34,37);. The van der Waals surface area contributed by atoms with Crippen LogP contribution in [0.25, 0.3) is 22.4 Å². The molecule has 0 spiro atoms. The van der Waals surface area contributed by atoms with Crippen LogP contribution in [0.4, 0.5) is 10.6 Å². The van der Waals surface area contributed by atoms with Crippen LogP contribution in [-0.2, 0) is 27.4 Å². The number of hydrogen-bond donors (Lipinski definition) is 2. The molecule has 0 aliphatic heterocycles. The third-order valence-electron chi connectivity index (χ3n) is 6.35. The van der Waals surface area contributed by atoms with Crippen LogP contribution in [0.3, 0.4) is 0 Å². The second-order valence-electron chi connectivity index (χ2n) is 11.0. The summed E-state index contributed by atoms with van der Waals surface area (Å²) in [4.78, 5) is 32.8. The van der Waals surface area contributed by atoms with Crippen LogP contribution in [0.15, 0.2) is 60.8 Å². The van der Waals surface area contributed by atoms with Crippen LogP contribution in [0, 0.1) is 0 Å². The molecule has 0 bridgehead atoms. The highest BCUT2D eigenvalue weighted by Gasteiger charge is 2.20. The molecule has 226 valence electrons. The van der Waals surface area contributed by atoms with Gasteiger partial charge >= 0.3 is 12.2 Å². The number of aromatic amines is 1.